The van der Waals surface area contributed by atoms with Gasteiger partial charge in [0.05, 0.1) is 12.2 Å². The maximum Gasteiger partial charge on any atom is 0.264 e. The monoisotopic (exact) mass is 341 g/mol. The van der Waals surface area contributed by atoms with Crippen molar-refractivity contribution >= 4 is 21.9 Å². The van der Waals surface area contributed by atoms with Crippen LogP contribution in [0.25, 0.3) is 0 Å². The lowest BCUT2D eigenvalue weighted by atomic mass is 10.1. The summed E-state index contributed by atoms with van der Waals surface area (Å²) >= 11 is 0. The normalized spacial score (nSPS) is 17.0. The number of hydrogen-bond donors (Lipinski definition) is 5. The average Bonchev–Trinajstić information content (AvgIpc) is 2.72. The lowest BCUT2D eigenvalue weighted by Crippen LogP contribution is -2.24. The van der Waals surface area contributed by atoms with E-state index in [-0.39, 0.29) is 12.2 Å². The van der Waals surface area contributed by atoms with Crippen LogP contribution < -0.4 is 17.0 Å². The zero-order valence-corrected chi connectivity index (χ0v) is 13.6. The van der Waals surface area contributed by atoms with E-state index < -0.39 is 28.0 Å². The van der Waals surface area contributed by atoms with E-state index in [9.17, 15) is 18.0 Å². The summed E-state index contributed by atoms with van der Waals surface area (Å²) in [5.41, 5.74) is 0. The SMILES string of the molecule is CCCCCCCCS(=O)(=O)O.NN.O=C1CC(O)C(=O)N1. The summed E-state index contributed by atoms with van der Waals surface area (Å²) in [6.07, 6.45) is 4.94. The van der Waals surface area contributed by atoms with Crippen molar-refractivity contribution in [2.45, 2.75) is 58.0 Å². The third kappa shape index (κ3) is 15.3. The lowest BCUT2D eigenvalue weighted by molar-refractivity contribution is -0.127. The minimum absolute atomic E-state index is 0.0842. The van der Waals surface area contributed by atoms with Crippen molar-refractivity contribution in [3.8, 4) is 0 Å². The number of aliphatic hydroxyl groups excluding tert-OH is 1. The summed E-state index contributed by atoms with van der Waals surface area (Å²) in [4.78, 5) is 20.4. The van der Waals surface area contributed by atoms with Crippen molar-refractivity contribution in [3.05, 3.63) is 0 Å². The fourth-order valence-electron chi connectivity index (χ4n) is 1.60. The molecule has 1 heterocycles. The van der Waals surface area contributed by atoms with Gasteiger partial charge in [-0.3, -0.25) is 31.1 Å². The highest BCUT2D eigenvalue weighted by Gasteiger charge is 2.27. The zero-order chi connectivity index (χ0) is 17.6. The number of amides is 2. The molecule has 2 amide bonds. The summed E-state index contributed by atoms with van der Waals surface area (Å²) in [5.74, 6) is 6.93. The van der Waals surface area contributed by atoms with Gasteiger partial charge in [-0.05, 0) is 6.42 Å². The Bertz CT molecular complexity index is 413. The molecule has 0 bridgehead atoms. The molecule has 1 unspecified atom stereocenters. The molecule has 1 rings (SSSR count). The highest BCUT2D eigenvalue weighted by atomic mass is 32.2. The molecule has 7 N–H and O–H groups in total. The first-order chi connectivity index (χ1) is 10.3. The maximum atomic E-state index is 10.3. The van der Waals surface area contributed by atoms with Gasteiger partial charge in [0.15, 0.2) is 0 Å². The molecule has 9 nitrogen and oxygen atoms in total. The number of nitrogens with one attached hydrogen (secondary N) is 1. The van der Waals surface area contributed by atoms with Crippen LogP contribution in [0.3, 0.4) is 0 Å². The van der Waals surface area contributed by atoms with Crippen LogP contribution in [-0.4, -0.2) is 41.7 Å². The van der Waals surface area contributed by atoms with Crippen LogP contribution in [-0.2, 0) is 19.7 Å². The van der Waals surface area contributed by atoms with Crippen LogP contribution in [0.2, 0.25) is 0 Å². The van der Waals surface area contributed by atoms with Crippen molar-refractivity contribution in [3.63, 3.8) is 0 Å². The quantitative estimate of drug-likeness (QED) is 0.135. The highest BCUT2D eigenvalue weighted by Crippen LogP contribution is 2.05. The largest absolute Gasteiger partial charge is 0.383 e. The number of rotatable bonds is 7. The topological polar surface area (TPSA) is 173 Å². The van der Waals surface area contributed by atoms with E-state index in [0.29, 0.717) is 6.42 Å². The minimum atomic E-state index is -3.72. The molecule has 1 fully saturated rings. The van der Waals surface area contributed by atoms with Gasteiger partial charge in [0, 0.05) is 0 Å². The van der Waals surface area contributed by atoms with Gasteiger partial charge in [-0.1, -0.05) is 39.0 Å². The van der Waals surface area contributed by atoms with E-state index in [1.807, 2.05) is 5.32 Å². The van der Waals surface area contributed by atoms with Crippen LogP contribution >= 0.6 is 0 Å². The van der Waals surface area contributed by atoms with Gasteiger partial charge in [-0.25, -0.2) is 0 Å². The van der Waals surface area contributed by atoms with Crippen molar-refractivity contribution in [1.82, 2.24) is 5.32 Å². The summed E-state index contributed by atoms with van der Waals surface area (Å²) in [7, 11) is -3.72. The van der Waals surface area contributed by atoms with E-state index in [2.05, 4.69) is 18.6 Å². The van der Waals surface area contributed by atoms with E-state index in [0.717, 1.165) is 12.8 Å². The number of hydrazine groups is 1. The van der Waals surface area contributed by atoms with E-state index in [4.69, 9.17) is 9.66 Å². The Balaban J connectivity index is 0. The predicted molar refractivity (Wildman–Crippen MR) is 81.9 cm³/mol. The number of aliphatic hydroxyl groups is 1. The van der Waals surface area contributed by atoms with Crippen LogP contribution in [0.5, 0.6) is 0 Å². The second kappa shape index (κ2) is 13.6. The Morgan fingerprint density at radius 2 is 1.64 bits per heavy atom. The summed E-state index contributed by atoms with van der Waals surface area (Å²) in [5, 5.41) is 10.5. The first kappa shape index (κ1) is 23.2. The van der Waals surface area contributed by atoms with Crippen molar-refractivity contribution in [1.29, 1.82) is 0 Å². The molecule has 0 radical (unpaired) electrons. The van der Waals surface area contributed by atoms with Gasteiger partial charge < -0.3 is 5.11 Å². The number of carbonyl (C=O) groups excluding carboxylic acids is 2. The number of hydrogen-bond acceptors (Lipinski definition) is 7. The molecule has 1 aliphatic rings. The van der Waals surface area contributed by atoms with Gasteiger partial charge in [-0.15, -0.1) is 0 Å². The Kier molecular flexibility index (Phi) is 14.3. The minimum Gasteiger partial charge on any atom is -0.383 e. The smallest absolute Gasteiger partial charge is 0.264 e. The molecule has 0 aromatic rings. The summed E-state index contributed by atoms with van der Waals surface area (Å²) in [6, 6.07) is 0. The molecule has 0 aromatic heterocycles. The summed E-state index contributed by atoms with van der Waals surface area (Å²) in [6.45, 7) is 2.14. The summed E-state index contributed by atoms with van der Waals surface area (Å²) < 4.78 is 28.9. The average molecular weight is 341 g/mol. The third-order valence-corrected chi connectivity index (χ3v) is 3.50. The molecule has 0 saturated carbocycles. The Morgan fingerprint density at radius 1 is 1.14 bits per heavy atom. The first-order valence-electron chi connectivity index (χ1n) is 7.06. The fraction of sp³-hybridized carbons (Fsp3) is 0.833. The molecule has 0 aromatic carbocycles. The van der Waals surface area contributed by atoms with Crippen LogP contribution in [0, 0.1) is 0 Å². The second-order valence-corrected chi connectivity index (χ2v) is 6.26. The third-order valence-electron chi connectivity index (χ3n) is 2.70. The molecule has 22 heavy (non-hydrogen) atoms. The molecule has 0 aliphatic carbocycles. The van der Waals surface area contributed by atoms with Crippen molar-refractivity contribution in [2.24, 2.45) is 11.7 Å². The number of carbonyl (C=O) groups is 2. The molecule has 10 heteroatoms. The van der Waals surface area contributed by atoms with E-state index in [1.165, 1.54) is 19.3 Å². The van der Waals surface area contributed by atoms with Gasteiger partial charge in [0.25, 0.3) is 16.0 Å². The molecule has 1 atom stereocenters. The lowest BCUT2D eigenvalue weighted by Gasteiger charge is -1.98. The molecule has 0 spiro atoms. The Morgan fingerprint density at radius 3 is 1.95 bits per heavy atom. The van der Waals surface area contributed by atoms with E-state index >= 15 is 0 Å². The van der Waals surface area contributed by atoms with Gasteiger partial charge in [0.1, 0.15) is 6.10 Å². The number of imide groups is 1. The van der Waals surface area contributed by atoms with Crippen LogP contribution in [0.15, 0.2) is 0 Å². The van der Waals surface area contributed by atoms with Crippen molar-refractivity contribution in [2.75, 3.05) is 5.75 Å². The number of nitrogens with two attached hydrogens (primary N) is 2. The van der Waals surface area contributed by atoms with Crippen LogP contribution in [0.4, 0.5) is 0 Å². The fourth-order valence-corrected chi connectivity index (χ4v) is 2.17. The van der Waals surface area contributed by atoms with Gasteiger partial charge in [-0.2, -0.15) is 8.42 Å². The van der Waals surface area contributed by atoms with Crippen molar-refractivity contribution < 1.29 is 27.7 Å². The molecule has 132 valence electrons. The predicted octanol–water partition coefficient (Wildman–Crippen LogP) is -0.553. The number of unbranched alkanes of at least 4 members (excludes halogenated alkanes) is 5. The maximum absolute atomic E-state index is 10.3. The second-order valence-electron chi connectivity index (χ2n) is 4.69. The molecular weight excluding hydrogens is 314 g/mol. The van der Waals surface area contributed by atoms with Crippen LogP contribution in [0.1, 0.15) is 51.9 Å². The molecule has 1 saturated heterocycles. The standard InChI is InChI=1S/C8H18O3S.C4H5NO3.H4N2/c1-2-3-4-5-6-7-8-12(9,10)11;6-2-1-3(7)5-4(2)8;1-2/h2-8H2,1H3,(H,9,10,11);2,6H,1H2,(H,5,7,8);1-2H2. The molecule has 1 aliphatic heterocycles. The molecular formula is C12H27N3O6S. The first-order valence-corrected chi connectivity index (χ1v) is 8.67. The zero-order valence-electron chi connectivity index (χ0n) is 12.8. The highest BCUT2D eigenvalue weighted by molar-refractivity contribution is 7.85. The van der Waals surface area contributed by atoms with Gasteiger partial charge in [0.2, 0.25) is 5.91 Å². The van der Waals surface area contributed by atoms with Gasteiger partial charge >= 0.3 is 0 Å². The Labute approximate surface area is 131 Å². The van der Waals surface area contributed by atoms with E-state index in [1.54, 1.807) is 0 Å². The Hall–Kier alpha value is -1.07.